The molecule has 1 N–H and O–H groups in total. The number of carbonyl (C=O) groups is 2. The summed E-state index contributed by atoms with van der Waals surface area (Å²) in [6.45, 7) is 0.709. The van der Waals surface area contributed by atoms with E-state index in [1.54, 1.807) is 17.2 Å². The normalized spacial score (nSPS) is 14.4. The van der Waals surface area contributed by atoms with Crippen LogP contribution in [0.1, 0.15) is 18.5 Å². The summed E-state index contributed by atoms with van der Waals surface area (Å²) >= 11 is 4.68. The maximum Gasteiger partial charge on any atom is 0.231 e. The Bertz CT molecular complexity index is 701. The number of carbonyl (C=O) groups excluding carboxylic acids is 2. The van der Waals surface area contributed by atoms with Crippen LogP contribution in [0.5, 0.6) is 0 Å². The van der Waals surface area contributed by atoms with Crippen molar-refractivity contribution in [2.24, 2.45) is 0 Å². The zero-order valence-electron chi connectivity index (χ0n) is 11.6. The van der Waals surface area contributed by atoms with Crippen molar-refractivity contribution in [2.75, 3.05) is 16.8 Å². The number of nitrogens with zero attached hydrogens (tertiary/aromatic N) is 3. The summed E-state index contributed by atoms with van der Waals surface area (Å²) < 4.78 is 0.852. The van der Waals surface area contributed by atoms with Crippen molar-refractivity contribution in [1.82, 2.24) is 9.97 Å². The molecule has 2 aromatic heterocycles. The number of nitrogens with one attached hydrogen (secondary N) is 1. The number of hydrogen-bond acceptors (Lipinski definition) is 5. The van der Waals surface area contributed by atoms with Gasteiger partial charge in [0.1, 0.15) is 5.82 Å². The third-order valence-corrected chi connectivity index (χ3v) is 4.56. The molecule has 0 unspecified atom stereocenters. The summed E-state index contributed by atoms with van der Waals surface area (Å²) in [6.07, 6.45) is 3.22. The molecule has 6 nitrogen and oxygen atoms in total. The zero-order chi connectivity index (χ0) is 15.5. The molecule has 0 aliphatic carbocycles. The SMILES string of the molecule is O=C(Cc1csc(N2CCCC2=O)n1)Nc1ccc(Br)cn1. The van der Waals surface area contributed by atoms with Crippen LogP contribution >= 0.6 is 27.3 Å². The van der Waals surface area contributed by atoms with Gasteiger partial charge in [-0.2, -0.15) is 0 Å². The minimum atomic E-state index is -0.181. The van der Waals surface area contributed by atoms with Gasteiger partial charge >= 0.3 is 0 Å². The highest BCUT2D eigenvalue weighted by molar-refractivity contribution is 9.10. The molecular formula is C14H13BrN4O2S. The summed E-state index contributed by atoms with van der Waals surface area (Å²) in [5.41, 5.74) is 0.661. The summed E-state index contributed by atoms with van der Waals surface area (Å²) in [5.74, 6) is 0.419. The van der Waals surface area contributed by atoms with Gasteiger partial charge in [-0.05, 0) is 34.5 Å². The van der Waals surface area contributed by atoms with Crippen LogP contribution in [0.3, 0.4) is 0 Å². The van der Waals surface area contributed by atoms with E-state index in [0.29, 0.717) is 29.6 Å². The number of rotatable bonds is 4. The average Bonchev–Trinajstić information content (AvgIpc) is 3.10. The van der Waals surface area contributed by atoms with Gasteiger partial charge in [-0.3, -0.25) is 14.5 Å². The molecule has 114 valence electrons. The van der Waals surface area contributed by atoms with Crippen LogP contribution in [0.2, 0.25) is 0 Å². The van der Waals surface area contributed by atoms with Crippen LogP contribution in [0.15, 0.2) is 28.2 Å². The number of pyridine rings is 1. The fraction of sp³-hybridized carbons (Fsp3) is 0.286. The molecule has 0 bridgehead atoms. The first-order valence-corrected chi connectivity index (χ1v) is 8.45. The smallest absolute Gasteiger partial charge is 0.231 e. The van der Waals surface area contributed by atoms with E-state index in [1.807, 2.05) is 11.4 Å². The quantitative estimate of drug-likeness (QED) is 0.884. The number of hydrogen-bond donors (Lipinski definition) is 1. The number of thiazole rings is 1. The fourth-order valence-corrected chi connectivity index (χ4v) is 3.26. The maximum atomic E-state index is 12.0. The Balaban J connectivity index is 1.61. The van der Waals surface area contributed by atoms with Gasteiger partial charge in [0.25, 0.3) is 0 Å². The van der Waals surface area contributed by atoms with E-state index in [0.717, 1.165) is 10.9 Å². The van der Waals surface area contributed by atoms with Gasteiger partial charge < -0.3 is 5.32 Å². The molecule has 1 aliphatic heterocycles. The highest BCUT2D eigenvalue weighted by Gasteiger charge is 2.24. The van der Waals surface area contributed by atoms with E-state index in [2.05, 4.69) is 31.2 Å². The molecule has 1 aliphatic rings. The van der Waals surface area contributed by atoms with Crippen molar-refractivity contribution in [1.29, 1.82) is 0 Å². The predicted molar refractivity (Wildman–Crippen MR) is 88.0 cm³/mol. The van der Waals surface area contributed by atoms with Crippen molar-refractivity contribution in [2.45, 2.75) is 19.3 Å². The lowest BCUT2D eigenvalue weighted by Gasteiger charge is -2.10. The van der Waals surface area contributed by atoms with Gasteiger partial charge in [0.2, 0.25) is 11.8 Å². The Morgan fingerprint density at radius 3 is 3.00 bits per heavy atom. The Morgan fingerprint density at radius 1 is 1.45 bits per heavy atom. The predicted octanol–water partition coefficient (Wildman–Crippen LogP) is 2.61. The zero-order valence-corrected chi connectivity index (χ0v) is 14.0. The van der Waals surface area contributed by atoms with Crippen LogP contribution in [-0.2, 0) is 16.0 Å². The fourth-order valence-electron chi connectivity index (χ4n) is 2.15. The van der Waals surface area contributed by atoms with E-state index < -0.39 is 0 Å². The molecule has 8 heteroatoms. The molecular weight excluding hydrogens is 368 g/mol. The molecule has 0 aromatic carbocycles. The van der Waals surface area contributed by atoms with Gasteiger partial charge in [0.15, 0.2) is 5.13 Å². The molecule has 0 saturated carbocycles. The second-order valence-electron chi connectivity index (χ2n) is 4.86. The van der Waals surface area contributed by atoms with E-state index >= 15 is 0 Å². The van der Waals surface area contributed by atoms with Gasteiger partial charge in [-0.1, -0.05) is 0 Å². The van der Waals surface area contributed by atoms with Crippen LogP contribution < -0.4 is 10.2 Å². The van der Waals surface area contributed by atoms with Crippen molar-refractivity contribution in [3.05, 3.63) is 33.9 Å². The average molecular weight is 381 g/mol. The minimum Gasteiger partial charge on any atom is -0.310 e. The third-order valence-electron chi connectivity index (χ3n) is 3.18. The van der Waals surface area contributed by atoms with Gasteiger partial charge in [-0.15, -0.1) is 11.3 Å². The van der Waals surface area contributed by atoms with Crippen molar-refractivity contribution in [3.63, 3.8) is 0 Å². The number of amides is 2. The summed E-state index contributed by atoms with van der Waals surface area (Å²) in [6, 6.07) is 3.53. The van der Waals surface area contributed by atoms with E-state index in [9.17, 15) is 9.59 Å². The highest BCUT2D eigenvalue weighted by atomic mass is 79.9. The lowest BCUT2D eigenvalue weighted by atomic mass is 10.3. The Hall–Kier alpha value is -1.80. The van der Waals surface area contributed by atoms with Gasteiger partial charge in [0, 0.05) is 29.0 Å². The van der Waals surface area contributed by atoms with E-state index in [1.165, 1.54) is 11.3 Å². The molecule has 1 fully saturated rings. The monoisotopic (exact) mass is 380 g/mol. The van der Waals surface area contributed by atoms with Gasteiger partial charge in [-0.25, -0.2) is 9.97 Å². The van der Waals surface area contributed by atoms with Gasteiger partial charge in [0.05, 0.1) is 12.1 Å². The summed E-state index contributed by atoms with van der Waals surface area (Å²) in [4.78, 5) is 33.8. The molecule has 1 saturated heterocycles. The van der Waals surface area contributed by atoms with Crippen LogP contribution in [0.25, 0.3) is 0 Å². The number of halogens is 1. The molecule has 22 heavy (non-hydrogen) atoms. The molecule has 0 spiro atoms. The molecule has 0 radical (unpaired) electrons. The first kappa shape index (κ1) is 15.1. The second-order valence-corrected chi connectivity index (χ2v) is 6.61. The summed E-state index contributed by atoms with van der Waals surface area (Å²) in [5, 5.41) is 5.21. The summed E-state index contributed by atoms with van der Waals surface area (Å²) in [7, 11) is 0. The first-order valence-electron chi connectivity index (χ1n) is 6.78. The Morgan fingerprint density at radius 2 is 2.32 bits per heavy atom. The molecule has 2 amide bonds. The number of aromatic nitrogens is 2. The standard InChI is InChI=1S/C14H13BrN4O2S/c15-9-3-4-11(16-7-9)18-12(20)6-10-8-22-14(17-10)19-5-1-2-13(19)21/h3-4,7-8H,1-2,5-6H2,(H,16,18,20). The second kappa shape index (κ2) is 6.53. The van der Waals surface area contributed by atoms with Crippen molar-refractivity contribution >= 4 is 50.0 Å². The maximum absolute atomic E-state index is 12.0. The van der Waals surface area contributed by atoms with E-state index in [4.69, 9.17) is 0 Å². The first-order chi connectivity index (χ1) is 10.6. The highest BCUT2D eigenvalue weighted by Crippen LogP contribution is 2.25. The molecule has 3 rings (SSSR count). The Labute approximate surface area is 139 Å². The van der Waals surface area contributed by atoms with Crippen LogP contribution in [0.4, 0.5) is 10.9 Å². The minimum absolute atomic E-state index is 0.101. The van der Waals surface area contributed by atoms with Crippen molar-refractivity contribution in [3.8, 4) is 0 Å². The van der Waals surface area contributed by atoms with Crippen molar-refractivity contribution < 1.29 is 9.59 Å². The largest absolute Gasteiger partial charge is 0.310 e. The lowest BCUT2D eigenvalue weighted by molar-refractivity contribution is -0.117. The number of anilines is 2. The molecule has 3 heterocycles. The van der Waals surface area contributed by atoms with Crippen LogP contribution in [0, 0.1) is 0 Å². The molecule has 2 aromatic rings. The lowest BCUT2D eigenvalue weighted by Crippen LogP contribution is -2.23. The third kappa shape index (κ3) is 3.50. The molecule has 0 atom stereocenters. The Kier molecular flexibility index (Phi) is 4.49. The van der Waals surface area contributed by atoms with Crippen LogP contribution in [-0.4, -0.2) is 28.3 Å². The topological polar surface area (TPSA) is 75.2 Å². The van der Waals surface area contributed by atoms with E-state index in [-0.39, 0.29) is 18.2 Å².